The number of fused-ring (bicyclic) bond motifs is 9. The van der Waals surface area contributed by atoms with E-state index in [9.17, 15) is 0 Å². The maximum Gasteiger partial charge on any atom is 0.279 e. The van der Waals surface area contributed by atoms with Gasteiger partial charge in [0.15, 0.2) is 0 Å². The van der Waals surface area contributed by atoms with Gasteiger partial charge in [0.2, 0.25) is 0 Å². The van der Waals surface area contributed by atoms with Gasteiger partial charge < -0.3 is 4.90 Å². The van der Waals surface area contributed by atoms with E-state index in [2.05, 4.69) is 231 Å². The Bertz CT molecular complexity index is 3440. The third-order valence-electron chi connectivity index (χ3n) is 16.2. The number of pyridine rings is 1. The van der Waals surface area contributed by atoms with Crippen LogP contribution in [-0.4, -0.2) is 11.7 Å². The molecule has 0 bridgehead atoms. The first-order valence-corrected chi connectivity index (χ1v) is 27.4. The summed E-state index contributed by atoms with van der Waals surface area (Å²) in [6.07, 6.45) is 2.35. The Morgan fingerprint density at radius 2 is 0.986 bits per heavy atom. The Morgan fingerprint density at radius 1 is 0.500 bits per heavy atom. The van der Waals surface area contributed by atoms with E-state index in [-0.39, 0.29) is 39.2 Å². The number of hydrogen-bond donors (Lipinski definition) is 0. The van der Waals surface area contributed by atoms with Gasteiger partial charge >= 0.3 is 0 Å². The van der Waals surface area contributed by atoms with Crippen molar-refractivity contribution < 1.29 is 0 Å². The van der Waals surface area contributed by atoms with Crippen LogP contribution in [0.5, 0.6) is 0 Å². The van der Waals surface area contributed by atoms with Crippen LogP contribution in [0.3, 0.4) is 0 Å². The van der Waals surface area contributed by atoms with Crippen molar-refractivity contribution in [2.24, 2.45) is 0 Å². The molecule has 0 fully saturated rings. The molecule has 0 saturated carbocycles. The number of nitrogens with zero attached hydrogens (tertiary/aromatic N) is 3. The van der Waals surface area contributed by atoms with Crippen LogP contribution in [0.25, 0.3) is 31.3 Å². The summed E-state index contributed by atoms with van der Waals surface area (Å²) in [7, 11) is 0. The van der Waals surface area contributed by atoms with Crippen LogP contribution in [-0.2, 0) is 32.5 Å². The Morgan fingerprint density at radius 3 is 1.53 bits per heavy atom. The summed E-state index contributed by atoms with van der Waals surface area (Å²) in [5.74, 6) is 1.03. The molecule has 6 heteroatoms. The van der Waals surface area contributed by atoms with E-state index in [0.717, 1.165) is 11.5 Å². The van der Waals surface area contributed by atoms with Crippen molar-refractivity contribution in [2.75, 3.05) is 9.80 Å². The minimum absolute atomic E-state index is 0.00191. The summed E-state index contributed by atoms with van der Waals surface area (Å²) in [4.78, 5) is 11.1. The van der Waals surface area contributed by atoms with Crippen LogP contribution in [0, 0.1) is 6.92 Å². The lowest BCUT2D eigenvalue weighted by atomic mass is 9.39. The summed E-state index contributed by atoms with van der Waals surface area (Å²) in [6, 6.07) is 41.2. The molecule has 0 saturated heterocycles. The summed E-state index contributed by atoms with van der Waals surface area (Å²) < 4.78 is 5.45. The summed E-state index contributed by atoms with van der Waals surface area (Å²) in [5, 5.41) is 2.64. The molecule has 3 nitrogen and oxygen atoms in total. The predicted octanol–water partition coefficient (Wildman–Crippen LogP) is 17.1. The first-order valence-electron chi connectivity index (χ1n) is 25.8. The molecule has 8 aromatic rings. The number of rotatable bonds is 3. The van der Waals surface area contributed by atoms with Crippen LogP contribution in [0.2, 0.25) is 0 Å². The van der Waals surface area contributed by atoms with Gasteiger partial charge in [0, 0.05) is 52.4 Å². The molecule has 0 N–H and O–H groups in total. The molecule has 70 heavy (non-hydrogen) atoms. The van der Waals surface area contributed by atoms with E-state index in [1.54, 1.807) is 0 Å². The summed E-state index contributed by atoms with van der Waals surface area (Å²) >= 11 is 3.98. The molecule has 3 aromatic heterocycles. The second-order valence-corrected chi connectivity index (χ2v) is 28.7. The van der Waals surface area contributed by atoms with E-state index in [1.807, 2.05) is 22.7 Å². The molecular formula is C64H72BN3S2. The zero-order valence-corrected chi connectivity index (χ0v) is 46.6. The smallest absolute Gasteiger partial charge is 0.279 e. The van der Waals surface area contributed by atoms with Crippen molar-refractivity contribution in [3.05, 3.63) is 142 Å². The molecule has 358 valence electrons. The average molecular weight is 958 g/mol. The van der Waals surface area contributed by atoms with Crippen molar-refractivity contribution in [3.63, 3.8) is 0 Å². The van der Waals surface area contributed by atoms with E-state index in [1.165, 1.54) is 121 Å². The highest BCUT2D eigenvalue weighted by Gasteiger charge is 2.49. The molecule has 11 rings (SSSR count). The minimum atomic E-state index is -0.0438. The topological polar surface area (TPSA) is 19.4 Å². The third kappa shape index (κ3) is 7.43. The normalized spacial score (nSPS) is 16.4. The Balaban J connectivity index is 1.27. The first-order chi connectivity index (χ1) is 32.6. The van der Waals surface area contributed by atoms with Crippen molar-refractivity contribution >= 4 is 98.8 Å². The molecule has 0 amide bonds. The van der Waals surface area contributed by atoms with Gasteiger partial charge in [-0.15, -0.1) is 22.7 Å². The van der Waals surface area contributed by atoms with Gasteiger partial charge in [-0.05, 0) is 151 Å². The number of aryl methyl sites for hydroxylation is 1. The van der Waals surface area contributed by atoms with Crippen molar-refractivity contribution in [1.29, 1.82) is 0 Å². The molecule has 1 aliphatic carbocycles. The van der Waals surface area contributed by atoms with Crippen LogP contribution < -0.4 is 24.8 Å². The van der Waals surface area contributed by atoms with E-state index in [4.69, 9.17) is 4.98 Å². The monoisotopic (exact) mass is 958 g/mol. The fourth-order valence-electron chi connectivity index (χ4n) is 11.7. The number of anilines is 6. The SMILES string of the molecule is Cc1cc2c3c(n1)N(c1ccc(C(C)(C)C)cc1-c1ccc(C(C)(C)C)cc1)c1c(sc4ccc(C(C)(C)C)cc14)B3c1sc3ccc(C(C)(C)C)cc3c1N2c1ccc2c(c1)C(C)(C)CCC2(C)C. The molecular weight excluding hydrogens is 886 g/mol. The van der Waals surface area contributed by atoms with Crippen LogP contribution in [0.1, 0.15) is 163 Å². The largest absolute Gasteiger partial charge is 0.310 e. The molecule has 0 unspecified atom stereocenters. The van der Waals surface area contributed by atoms with Crippen molar-refractivity contribution in [1.82, 2.24) is 4.98 Å². The lowest BCUT2D eigenvalue weighted by Gasteiger charge is -2.44. The second-order valence-electron chi connectivity index (χ2n) is 26.5. The van der Waals surface area contributed by atoms with Crippen molar-refractivity contribution in [3.8, 4) is 11.1 Å². The Hall–Kier alpha value is -5.17. The third-order valence-corrected chi connectivity index (χ3v) is 18.7. The van der Waals surface area contributed by atoms with Gasteiger partial charge in [0.1, 0.15) is 5.82 Å². The predicted molar refractivity (Wildman–Crippen MR) is 309 cm³/mol. The summed E-state index contributed by atoms with van der Waals surface area (Å²) in [5.41, 5.74) is 19.5. The van der Waals surface area contributed by atoms with Gasteiger partial charge in [-0.1, -0.05) is 159 Å². The maximum atomic E-state index is 5.80. The highest BCUT2D eigenvalue weighted by Crippen LogP contribution is 2.54. The fourth-order valence-corrected chi connectivity index (χ4v) is 14.3. The highest BCUT2D eigenvalue weighted by molar-refractivity contribution is 7.40. The van der Waals surface area contributed by atoms with Gasteiger partial charge in [-0.2, -0.15) is 0 Å². The van der Waals surface area contributed by atoms with Gasteiger partial charge in [0.25, 0.3) is 6.71 Å². The number of thiophene rings is 2. The molecule has 0 spiro atoms. The number of aromatic nitrogens is 1. The van der Waals surface area contributed by atoms with Gasteiger partial charge in [0.05, 0.1) is 17.1 Å². The zero-order chi connectivity index (χ0) is 50.0. The molecule has 0 atom stereocenters. The molecule has 2 aliphatic heterocycles. The highest BCUT2D eigenvalue weighted by atomic mass is 32.1. The maximum absolute atomic E-state index is 5.80. The number of benzene rings is 5. The number of hydrogen-bond acceptors (Lipinski definition) is 5. The molecule has 0 radical (unpaired) electrons. The Kier molecular flexibility index (Phi) is 10.4. The lowest BCUT2D eigenvalue weighted by Crippen LogP contribution is -2.60. The molecule has 5 heterocycles. The van der Waals surface area contributed by atoms with E-state index < -0.39 is 0 Å². The van der Waals surface area contributed by atoms with E-state index in [0.29, 0.717) is 0 Å². The quantitative estimate of drug-likeness (QED) is 0.165. The Labute approximate surface area is 427 Å². The van der Waals surface area contributed by atoms with Crippen LogP contribution >= 0.6 is 22.7 Å². The van der Waals surface area contributed by atoms with E-state index >= 15 is 0 Å². The average Bonchev–Trinajstić information content (AvgIpc) is 3.85. The first kappa shape index (κ1) is 47.2. The van der Waals surface area contributed by atoms with Crippen molar-refractivity contribution in [2.45, 2.75) is 163 Å². The zero-order valence-electron chi connectivity index (χ0n) is 45.0. The van der Waals surface area contributed by atoms with Gasteiger partial charge in [-0.3, -0.25) is 4.90 Å². The van der Waals surface area contributed by atoms with Crippen LogP contribution in [0.15, 0.2) is 103 Å². The van der Waals surface area contributed by atoms with Gasteiger partial charge in [-0.25, -0.2) is 4.98 Å². The minimum Gasteiger partial charge on any atom is -0.310 e. The molecule has 3 aliphatic rings. The summed E-state index contributed by atoms with van der Waals surface area (Å²) in [6.45, 7) is 40.0. The molecule has 5 aromatic carbocycles. The fraction of sp³-hybridized carbons (Fsp3) is 0.391. The lowest BCUT2D eigenvalue weighted by molar-refractivity contribution is 0.332. The standard InChI is InChI=1S/C64H72BN3S2/c1-37-32-50-53-58(66-37)68(49-27-22-40(60(5,6)7)33-44(49)38-18-20-39(21-19-38)59(2,3)4)55-46-35-42(62(11,12)13)24-29-52(46)70-57(55)65(53)56-54(45-34-41(61(8,9)10)23-28-51(45)69-56)67(50)43-25-26-47-48(36-43)64(16,17)31-30-63(47,14)15/h18-29,32-36H,30-31H2,1-17H3. The second kappa shape index (κ2) is 15.4. The van der Waals surface area contributed by atoms with Crippen LogP contribution in [0.4, 0.5) is 34.3 Å².